The molecule has 1 unspecified atom stereocenters. The number of anilines is 1. The molecule has 0 aliphatic carbocycles. The second kappa shape index (κ2) is 5.35. The molecule has 0 aliphatic heterocycles. The van der Waals surface area contributed by atoms with Gasteiger partial charge >= 0.3 is 0 Å². The molecule has 0 spiro atoms. The summed E-state index contributed by atoms with van der Waals surface area (Å²) in [6.07, 6.45) is 3.17. The minimum absolute atomic E-state index is 0.349. The van der Waals surface area contributed by atoms with E-state index < -0.39 is 5.54 Å². The number of carbonyl (C=O) groups excluding carboxylic acids is 1. The van der Waals surface area contributed by atoms with Crippen molar-refractivity contribution in [2.75, 3.05) is 5.32 Å². The lowest BCUT2D eigenvalue weighted by molar-refractivity contribution is -0.121. The lowest BCUT2D eigenvalue weighted by atomic mass is 9.94. The van der Waals surface area contributed by atoms with Crippen molar-refractivity contribution >= 4 is 11.6 Å². The molecule has 3 N–H and O–H groups in total. The summed E-state index contributed by atoms with van der Waals surface area (Å²) in [4.78, 5) is 11.5. The number of benzene rings is 1. The number of nitrogens with two attached hydrogens (primary N) is 1. The second-order valence-corrected chi connectivity index (χ2v) is 4.01. The summed E-state index contributed by atoms with van der Waals surface area (Å²) in [5.74, 6) is -0.349. The number of hydrogen-bond acceptors (Lipinski definition) is 2. The van der Waals surface area contributed by atoms with Gasteiger partial charge in [0, 0.05) is 5.69 Å². The SMILES string of the molecule is C=CCCC(C)(Nc1ccccc1)C(N)=O. The largest absolute Gasteiger partial charge is 0.371 e. The number of allylic oxidation sites excluding steroid dienone is 1. The molecule has 3 heteroatoms. The van der Waals surface area contributed by atoms with E-state index in [1.165, 1.54) is 0 Å². The van der Waals surface area contributed by atoms with E-state index in [1.807, 2.05) is 37.3 Å². The van der Waals surface area contributed by atoms with Crippen LogP contribution in [0.25, 0.3) is 0 Å². The molecule has 0 fully saturated rings. The van der Waals surface area contributed by atoms with Crippen LogP contribution in [0.4, 0.5) is 5.69 Å². The van der Waals surface area contributed by atoms with E-state index in [0.717, 1.165) is 12.1 Å². The van der Waals surface area contributed by atoms with E-state index >= 15 is 0 Å². The average molecular weight is 218 g/mol. The molecule has 0 heterocycles. The first-order chi connectivity index (χ1) is 7.58. The van der Waals surface area contributed by atoms with Gasteiger partial charge in [0.15, 0.2) is 0 Å². The standard InChI is InChI=1S/C13H18N2O/c1-3-4-10-13(2,12(14)16)15-11-8-6-5-7-9-11/h3,5-9,15H,1,4,10H2,2H3,(H2,14,16). The number of primary amides is 1. The number of hydrogen-bond donors (Lipinski definition) is 2. The van der Waals surface area contributed by atoms with Crippen LogP contribution in [-0.4, -0.2) is 11.4 Å². The number of amides is 1. The Morgan fingerprint density at radius 2 is 2.12 bits per heavy atom. The fraction of sp³-hybridized carbons (Fsp3) is 0.308. The fourth-order valence-electron chi connectivity index (χ4n) is 1.48. The quantitative estimate of drug-likeness (QED) is 0.720. The van der Waals surface area contributed by atoms with Crippen LogP contribution in [-0.2, 0) is 4.79 Å². The maximum atomic E-state index is 11.5. The van der Waals surface area contributed by atoms with Crippen molar-refractivity contribution < 1.29 is 4.79 Å². The van der Waals surface area contributed by atoms with E-state index in [9.17, 15) is 4.79 Å². The highest BCUT2D eigenvalue weighted by Gasteiger charge is 2.29. The number of rotatable bonds is 6. The molecule has 86 valence electrons. The van der Waals surface area contributed by atoms with Crippen molar-refractivity contribution in [3.05, 3.63) is 43.0 Å². The van der Waals surface area contributed by atoms with Crippen LogP contribution in [0, 0.1) is 0 Å². The third-order valence-electron chi connectivity index (χ3n) is 2.59. The number of carbonyl (C=O) groups is 1. The summed E-state index contributed by atoms with van der Waals surface area (Å²) in [6.45, 7) is 5.46. The normalized spacial score (nSPS) is 13.8. The molecule has 0 saturated carbocycles. The highest BCUT2D eigenvalue weighted by atomic mass is 16.1. The Balaban J connectivity index is 2.79. The van der Waals surface area contributed by atoms with E-state index in [4.69, 9.17) is 5.73 Å². The predicted octanol–water partition coefficient (Wildman–Crippen LogP) is 2.31. The third kappa shape index (κ3) is 3.12. The lowest BCUT2D eigenvalue weighted by Gasteiger charge is -2.28. The molecule has 0 saturated heterocycles. The molecule has 0 aromatic heterocycles. The monoisotopic (exact) mass is 218 g/mol. The van der Waals surface area contributed by atoms with Crippen molar-refractivity contribution in [3.63, 3.8) is 0 Å². The van der Waals surface area contributed by atoms with Crippen LogP contribution in [0.2, 0.25) is 0 Å². The van der Waals surface area contributed by atoms with Crippen molar-refractivity contribution in [3.8, 4) is 0 Å². The zero-order chi connectivity index (χ0) is 12.0. The first-order valence-electron chi connectivity index (χ1n) is 5.32. The summed E-state index contributed by atoms with van der Waals surface area (Å²) < 4.78 is 0. The third-order valence-corrected chi connectivity index (χ3v) is 2.59. The molecule has 1 amide bonds. The molecule has 0 aliphatic rings. The predicted molar refractivity (Wildman–Crippen MR) is 67.1 cm³/mol. The summed E-state index contributed by atoms with van der Waals surface area (Å²) in [5, 5.41) is 3.17. The Hall–Kier alpha value is -1.77. The molecular weight excluding hydrogens is 200 g/mol. The molecule has 1 atom stereocenters. The maximum absolute atomic E-state index is 11.5. The summed E-state index contributed by atoms with van der Waals surface area (Å²) >= 11 is 0. The Kier molecular flexibility index (Phi) is 4.11. The van der Waals surface area contributed by atoms with Crippen LogP contribution in [0.1, 0.15) is 19.8 Å². The van der Waals surface area contributed by atoms with Gasteiger partial charge in [-0.1, -0.05) is 24.3 Å². The van der Waals surface area contributed by atoms with Gasteiger partial charge in [0.05, 0.1) is 0 Å². The minimum Gasteiger partial charge on any atom is -0.371 e. The Morgan fingerprint density at radius 1 is 1.50 bits per heavy atom. The van der Waals surface area contributed by atoms with E-state index in [0.29, 0.717) is 6.42 Å². The van der Waals surface area contributed by atoms with Gasteiger partial charge in [-0.15, -0.1) is 6.58 Å². The lowest BCUT2D eigenvalue weighted by Crippen LogP contribution is -2.47. The number of nitrogens with one attached hydrogen (secondary N) is 1. The average Bonchev–Trinajstić information content (AvgIpc) is 2.27. The Morgan fingerprint density at radius 3 is 2.62 bits per heavy atom. The highest BCUT2D eigenvalue weighted by Crippen LogP contribution is 2.19. The molecule has 0 bridgehead atoms. The van der Waals surface area contributed by atoms with Crippen LogP contribution >= 0.6 is 0 Å². The van der Waals surface area contributed by atoms with Gasteiger partial charge in [0.1, 0.15) is 5.54 Å². The van der Waals surface area contributed by atoms with Crippen LogP contribution in [0.3, 0.4) is 0 Å². The van der Waals surface area contributed by atoms with Gasteiger partial charge in [0.25, 0.3) is 0 Å². The molecule has 1 aromatic carbocycles. The molecule has 1 rings (SSSR count). The van der Waals surface area contributed by atoms with E-state index in [-0.39, 0.29) is 5.91 Å². The molecule has 3 nitrogen and oxygen atoms in total. The van der Waals surface area contributed by atoms with Crippen molar-refractivity contribution in [1.29, 1.82) is 0 Å². The van der Waals surface area contributed by atoms with Gasteiger partial charge in [-0.2, -0.15) is 0 Å². The minimum atomic E-state index is -0.727. The summed E-state index contributed by atoms with van der Waals surface area (Å²) in [5.41, 5.74) is 5.59. The zero-order valence-electron chi connectivity index (χ0n) is 9.57. The molecular formula is C13H18N2O. The summed E-state index contributed by atoms with van der Waals surface area (Å²) in [6, 6.07) is 9.58. The zero-order valence-corrected chi connectivity index (χ0v) is 9.57. The second-order valence-electron chi connectivity index (χ2n) is 4.01. The Bertz CT molecular complexity index is 361. The first kappa shape index (κ1) is 12.3. The van der Waals surface area contributed by atoms with Crippen molar-refractivity contribution in [2.45, 2.75) is 25.3 Å². The van der Waals surface area contributed by atoms with Crippen LogP contribution < -0.4 is 11.1 Å². The molecule has 1 aromatic rings. The Labute approximate surface area is 96.3 Å². The van der Waals surface area contributed by atoms with Gasteiger partial charge < -0.3 is 11.1 Å². The van der Waals surface area contributed by atoms with Gasteiger partial charge in [-0.3, -0.25) is 4.79 Å². The topological polar surface area (TPSA) is 55.1 Å². The van der Waals surface area contributed by atoms with Gasteiger partial charge in [-0.25, -0.2) is 0 Å². The van der Waals surface area contributed by atoms with Gasteiger partial charge in [0.2, 0.25) is 5.91 Å². The first-order valence-corrected chi connectivity index (χ1v) is 5.32. The van der Waals surface area contributed by atoms with E-state index in [1.54, 1.807) is 6.08 Å². The smallest absolute Gasteiger partial charge is 0.242 e. The highest BCUT2D eigenvalue weighted by molar-refractivity contribution is 5.87. The van der Waals surface area contributed by atoms with Gasteiger partial charge in [-0.05, 0) is 31.9 Å². The molecule has 0 radical (unpaired) electrons. The van der Waals surface area contributed by atoms with Crippen LogP contribution in [0.5, 0.6) is 0 Å². The van der Waals surface area contributed by atoms with E-state index in [2.05, 4.69) is 11.9 Å². The van der Waals surface area contributed by atoms with Crippen LogP contribution in [0.15, 0.2) is 43.0 Å². The summed E-state index contributed by atoms with van der Waals surface area (Å²) in [7, 11) is 0. The maximum Gasteiger partial charge on any atom is 0.242 e. The van der Waals surface area contributed by atoms with Crippen molar-refractivity contribution in [2.24, 2.45) is 5.73 Å². The molecule has 16 heavy (non-hydrogen) atoms. The number of para-hydroxylation sites is 1. The van der Waals surface area contributed by atoms with Crippen molar-refractivity contribution in [1.82, 2.24) is 0 Å². The fourth-order valence-corrected chi connectivity index (χ4v) is 1.48.